The van der Waals surface area contributed by atoms with Crippen LogP contribution < -0.4 is 10.6 Å². The number of nitrogens with one attached hydrogen (secondary N) is 2. The fraction of sp³-hybridized carbons (Fsp3) is 0.538. The number of methoxy groups -OCH3 is 1. The zero-order valence-corrected chi connectivity index (χ0v) is 13.2. The van der Waals surface area contributed by atoms with Crippen molar-refractivity contribution in [2.24, 2.45) is 0 Å². The van der Waals surface area contributed by atoms with E-state index < -0.39 is 0 Å². The van der Waals surface area contributed by atoms with E-state index in [2.05, 4.69) is 15.6 Å². The van der Waals surface area contributed by atoms with Gasteiger partial charge >= 0.3 is 0 Å². The van der Waals surface area contributed by atoms with E-state index in [1.54, 1.807) is 13.3 Å². The number of rotatable bonds is 4. The Hall–Kier alpha value is -0.880. The molecule has 0 aliphatic carbocycles. The van der Waals surface area contributed by atoms with Crippen molar-refractivity contribution in [3.63, 3.8) is 0 Å². The zero-order chi connectivity index (χ0) is 13.0. The third-order valence-electron chi connectivity index (χ3n) is 3.18. The fourth-order valence-corrected chi connectivity index (χ4v) is 2.00. The molecule has 1 aromatic heterocycles. The summed E-state index contributed by atoms with van der Waals surface area (Å²) in [5.74, 6) is 0.0233. The summed E-state index contributed by atoms with van der Waals surface area (Å²) >= 11 is 0. The number of aromatic nitrogens is 1. The number of hydrogen-bond acceptors (Lipinski definition) is 4. The SMILES string of the molecule is CO[C@@H]1CN[C@H](C(=O)NCc2ccc(C)nc2)C1.Cl.Cl. The molecule has 0 spiro atoms. The summed E-state index contributed by atoms with van der Waals surface area (Å²) in [5, 5.41) is 6.06. The van der Waals surface area contributed by atoms with Crippen LogP contribution in [0.15, 0.2) is 18.3 Å². The maximum Gasteiger partial charge on any atom is 0.237 e. The fourth-order valence-electron chi connectivity index (χ4n) is 2.00. The van der Waals surface area contributed by atoms with Gasteiger partial charge in [0.25, 0.3) is 0 Å². The van der Waals surface area contributed by atoms with E-state index in [9.17, 15) is 4.79 Å². The van der Waals surface area contributed by atoms with E-state index in [4.69, 9.17) is 4.74 Å². The van der Waals surface area contributed by atoms with Crippen LogP contribution in [0, 0.1) is 6.92 Å². The Morgan fingerprint density at radius 1 is 1.50 bits per heavy atom. The smallest absolute Gasteiger partial charge is 0.237 e. The molecular formula is C13H21Cl2N3O2. The molecule has 0 unspecified atom stereocenters. The summed E-state index contributed by atoms with van der Waals surface area (Å²) in [6.45, 7) is 3.19. The Morgan fingerprint density at radius 3 is 2.80 bits per heavy atom. The number of nitrogens with zero attached hydrogens (tertiary/aromatic N) is 1. The number of aryl methyl sites for hydroxylation is 1. The second-order valence-corrected chi connectivity index (χ2v) is 4.58. The van der Waals surface area contributed by atoms with Crippen molar-refractivity contribution in [2.75, 3.05) is 13.7 Å². The Balaban J connectivity index is 0.00000180. The number of pyridine rings is 1. The van der Waals surface area contributed by atoms with Crippen LogP contribution in [-0.2, 0) is 16.1 Å². The molecule has 1 saturated heterocycles. The molecule has 5 nitrogen and oxygen atoms in total. The Bertz CT molecular complexity index is 415. The number of carbonyl (C=O) groups is 1. The summed E-state index contributed by atoms with van der Waals surface area (Å²) < 4.78 is 5.21. The molecule has 0 bridgehead atoms. The van der Waals surface area contributed by atoms with Gasteiger partial charge in [-0.1, -0.05) is 6.07 Å². The molecule has 2 rings (SSSR count). The molecule has 1 aliphatic heterocycles. The standard InChI is InChI=1S/C13H19N3O2.2ClH/c1-9-3-4-10(6-14-9)7-16-13(17)12-5-11(18-2)8-15-12;;/h3-4,6,11-12,15H,5,7-8H2,1-2H3,(H,16,17);2*1H/t11-,12-;;/m0../s1. The van der Waals surface area contributed by atoms with Gasteiger partial charge in [-0.25, -0.2) is 0 Å². The first kappa shape index (κ1) is 19.1. The third-order valence-corrected chi connectivity index (χ3v) is 3.18. The highest BCUT2D eigenvalue weighted by Crippen LogP contribution is 2.09. The van der Waals surface area contributed by atoms with Crippen molar-refractivity contribution in [1.82, 2.24) is 15.6 Å². The maximum absolute atomic E-state index is 11.9. The molecular weight excluding hydrogens is 301 g/mol. The first-order valence-corrected chi connectivity index (χ1v) is 6.14. The van der Waals surface area contributed by atoms with Gasteiger partial charge in [-0.3, -0.25) is 9.78 Å². The lowest BCUT2D eigenvalue weighted by molar-refractivity contribution is -0.123. The lowest BCUT2D eigenvalue weighted by atomic mass is 10.2. The second kappa shape index (κ2) is 9.13. The van der Waals surface area contributed by atoms with Crippen LogP contribution in [0.2, 0.25) is 0 Å². The largest absolute Gasteiger partial charge is 0.380 e. The molecule has 114 valence electrons. The molecule has 0 radical (unpaired) electrons. The summed E-state index contributed by atoms with van der Waals surface area (Å²) in [4.78, 5) is 16.1. The monoisotopic (exact) mass is 321 g/mol. The van der Waals surface area contributed by atoms with Crippen LogP contribution in [-0.4, -0.2) is 36.7 Å². The van der Waals surface area contributed by atoms with Gasteiger partial charge in [0.1, 0.15) is 0 Å². The van der Waals surface area contributed by atoms with Crippen LogP contribution in [0.1, 0.15) is 17.7 Å². The van der Waals surface area contributed by atoms with Crippen LogP contribution >= 0.6 is 24.8 Å². The maximum atomic E-state index is 11.9. The lowest BCUT2D eigenvalue weighted by Gasteiger charge is -2.11. The van der Waals surface area contributed by atoms with Crippen LogP contribution in [0.5, 0.6) is 0 Å². The molecule has 0 saturated carbocycles. The van der Waals surface area contributed by atoms with Gasteiger partial charge in [-0.15, -0.1) is 24.8 Å². The first-order chi connectivity index (χ1) is 8.69. The van der Waals surface area contributed by atoms with Gasteiger partial charge in [0, 0.05) is 32.1 Å². The van der Waals surface area contributed by atoms with Crippen molar-refractivity contribution < 1.29 is 9.53 Å². The molecule has 7 heteroatoms. The molecule has 1 fully saturated rings. The average Bonchev–Trinajstić information content (AvgIpc) is 2.86. The summed E-state index contributed by atoms with van der Waals surface area (Å²) in [5.41, 5.74) is 1.99. The number of hydrogen-bond donors (Lipinski definition) is 2. The van der Waals surface area contributed by atoms with E-state index in [1.807, 2.05) is 19.1 Å². The van der Waals surface area contributed by atoms with Crippen molar-refractivity contribution in [3.05, 3.63) is 29.6 Å². The molecule has 1 amide bonds. The third kappa shape index (κ3) is 5.25. The van der Waals surface area contributed by atoms with Crippen LogP contribution in [0.3, 0.4) is 0 Å². The average molecular weight is 322 g/mol. The molecule has 2 atom stereocenters. The van der Waals surface area contributed by atoms with Crippen molar-refractivity contribution in [1.29, 1.82) is 0 Å². The highest BCUT2D eigenvalue weighted by atomic mass is 35.5. The molecule has 2 N–H and O–H groups in total. The van der Waals surface area contributed by atoms with Crippen LogP contribution in [0.4, 0.5) is 0 Å². The second-order valence-electron chi connectivity index (χ2n) is 4.58. The normalized spacial score (nSPS) is 20.7. The highest BCUT2D eigenvalue weighted by Gasteiger charge is 2.28. The Kier molecular flexibility index (Phi) is 8.73. The van der Waals surface area contributed by atoms with Gasteiger partial charge < -0.3 is 15.4 Å². The Morgan fingerprint density at radius 2 is 2.25 bits per heavy atom. The molecule has 1 aromatic rings. The van der Waals surface area contributed by atoms with Gasteiger partial charge in [-0.05, 0) is 25.0 Å². The van der Waals surface area contributed by atoms with Gasteiger partial charge in [0.05, 0.1) is 12.1 Å². The molecule has 20 heavy (non-hydrogen) atoms. The number of halogens is 2. The Labute approximate surface area is 131 Å². The van der Waals surface area contributed by atoms with Crippen molar-refractivity contribution in [3.8, 4) is 0 Å². The van der Waals surface area contributed by atoms with Gasteiger partial charge in [0.2, 0.25) is 5.91 Å². The zero-order valence-electron chi connectivity index (χ0n) is 11.6. The minimum Gasteiger partial charge on any atom is -0.380 e. The highest BCUT2D eigenvalue weighted by molar-refractivity contribution is 5.85. The topological polar surface area (TPSA) is 63.2 Å². The van der Waals surface area contributed by atoms with Crippen molar-refractivity contribution >= 4 is 30.7 Å². The minimum atomic E-state index is -0.145. The molecule has 0 aromatic carbocycles. The lowest BCUT2D eigenvalue weighted by Crippen LogP contribution is -2.40. The first-order valence-electron chi connectivity index (χ1n) is 6.14. The predicted octanol–water partition coefficient (Wildman–Crippen LogP) is 1.23. The van der Waals surface area contributed by atoms with E-state index in [1.165, 1.54) is 0 Å². The van der Waals surface area contributed by atoms with E-state index in [0.29, 0.717) is 6.54 Å². The number of amides is 1. The predicted molar refractivity (Wildman–Crippen MR) is 82.5 cm³/mol. The molecule has 1 aliphatic rings. The van der Waals surface area contributed by atoms with E-state index >= 15 is 0 Å². The van der Waals surface area contributed by atoms with Crippen molar-refractivity contribution in [2.45, 2.75) is 32.0 Å². The van der Waals surface area contributed by atoms with Crippen LogP contribution in [0.25, 0.3) is 0 Å². The van der Waals surface area contributed by atoms with Gasteiger partial charge in [-0.2, -0.15) is 0 Å². The summed E-state index contributed by atoms with van der Waals surface area (Å²) in [6, 6.07) is 3.77. The molecule has 2 heterocycles. The number of ether oxygens (including phenoxy) is 1. The van der Waals surface area contributed by atoms with Gasteiger partial charge in [0.15, 0.2) is 0 Å². The number of carbonyl (C=O) groups excluding carboxylic acids is 1. The van der Waals surface area contributed by atoms with E-state index in [0.717, 1.165) is 24.2 Å². The minimum absolute atomic E-state index is 0. The quantitative estimate of drug-likeness (QED) is 0.875. The summed E-state index contributed by atoms with van der Waals surface area (Å²) in [7, 11) is 1.67. The van der Waals surface area contributed by atoms with E-state index in [-0.39, 0.29) is 42.9 Å². The summed E-state index contributed by atoms with van der Waals surface area (Å²) in [6.07, 6.45) is 2.66.